The second-order valence-electron chi connectivity index (χ2n) is 4.81. The van der Waals surface area contributed by atoms with Gasteiger partial charge >= 0.3 is 0 Å². The van der Waals surface area contributed by atoms with Crippen LogP contribution in [0, 0.1) is 12.7 Å². The maximum atomic E-state index is 13.2. The van der Waals surface area contributed by atoms with E-state index in [0.29, 0.717) is 0 Å². The molecule has 3 nitrogen and oxygen atoms in total. The molecule has 1 heterocycles. The van der Waals surface area contributed by atoms with Crippen LogP contribution in [0.5, 0.6) is 0 Å². The fourth-order valence-corrected chi connectivity index (χ4v) is 3.39. The predicted octanol–water partition coefficient (Wildman–Crippen LogP) is 5.51. The van der Waals surface area contributed by atoms with E-state index in [-0.39, 0.29) is 5.82 Å². The fourth-order valence-electron chi connectivity index (χ4n) is 2.27. The van der Waals surface area contributed by atoms with E-state index in [9.17, 15) is 4.39 Å². The normalized spacial score (nSPS) is 10.9. The standard InChI is InChI=1S/C17H14FNO2S2/c1-11-16(12-3-7-14(18)8-4-12)17(19-22-11)13-5-9-15(10-6-13)23-21-20-2/h3-10H,1-2H3. The van der Waals surface area contributed by atoms with E-state index in [4.69, 9.17) is 4.33 Å². The zero-order chi connectivity index (χ0) is 16.2. The number of rotatable bonds is 5. The quantitative estimate of drug-likeness (QED) is 0.346. The van der Waals surface area contributed by atoms with Crippen molar-refractivity contribution in [2.24, 2.45) is 0 Å². The van der Waals surface area contributed by atoms with Crippen molar-refractivity contribution in [2.45, 2.75) is 11.8 Å². The third-order valence-electron chi connectivity index (χ3n) is 3.32. The molecule has 0 spiro atoms. The number of nitrogens with zero attached hydrogens (tertiary/aromatic N) is 1. The van der Waals surface area contributed by atoms with Gasteiger partial charge in [0.05, 0.1) is 24.8 Å². The molecule has 0 bridgehead atoms. The van der Waals surface area contributed by atoms with E-state index in [1.54, 1.807) is 12.1 Å². The van der Waals surface area contributed by atoms with Crippen LogP contribution in [0.4, 0.5) is 4.39 Å². The molecule has 0 atom stereocenters. The topological polar surface area (TPSA) is 31.4 Å². The smallest absolute Gasteiger partial charge is 0.123 e. The van der Waals surface area contributed by atoms with Gasteiger partial charge in [-0.3, -0.25) is 0 Å². The molecule has 0 aliphatic heterocycles. The third-order valence-corrected chi connectivity index (χ3v) is 4.74. The maximum Gasteiger partial charge on any atom is 0.123 e. The van der Waals surface area contributed by atoms with Crippen LogP contribution in [-0.4, -0.2) is 11.5 Å². The Hall–Kier alpha value is -1.73. The Bertz CT molecular complexity index is 785. The molecule has 0 aliphatic rings. The Labute approximate surface area is 142 Å². The molecule has 0 saturated carbocycles. The first-order chi connectivity index (χ1) is 11.2. The average molecular weight is 347 g/mol. The van der Waals surface area contributed by atoms with Crippen molar-refractivity contribution in [3.8, 4) is 22.4 Å². The van der Waals surface area contributed by atoms with Crippen LogP contribution >= 0.6 is 23.6 Å². The second kappa shape index (κ2) is 7.23. The average Bonchev–Trinajstić information content (AvgIpc) is 2.96. The van der Waals surface area contributed by atoms with E-state index < -0.39 is 0 Å². The Balaban J connectivity index is 1.96. The first-order valence-corrected chi connectivity index (χ1v) is 8.40. The van der Waals surface area contributed by atoms with Gasteiger partial charge in [-0.2, -0.15) is 8.71 Å². The number of aromatic nitrogens is 1. The van der Waals surface area contributed by atoms with E-state index in [0.717, 1.165) is 44.2 Å². The summed E-state index contributed by atoms with van der Waals surface area (Å²) in [6, 6.07) is 14.4. The largest absolute Gasteiger partial charge is 0.227 e. The molecule has 6 heteroatoms. The van der Waals surface area contributed by atoms with Crippen molar-refractivity contribution in [3.05, 3.63) is 59.2 Å². The van der Waals surface area contributed by atoms with Crippen LogP contribution in [-0.2, 0) is 9.22 Å². The van der Waals surface area contributed by atoms with Crippen molar-refractivity contribution in [3.63, 3.8) is 0 Å². The molecule has 0 fully saturated rings. The van der Waals surface area contributed by atoms with Crippen LogP contribution in [0.1, 0.15) is 4.88 Å². The number of aryl methyl sites for hydroxylation is 1. The SMILES string of the molecule is COOSc1ccc(-c2nsc(C)c2-c2ccc(F)cc2)cc1. The first-order valence-electron chi connectivity index (χ1n) is 6.89. The molecule has 3 aromatic rings. The molecule has 2 aromatic carbocycles. The van der Waals surface area contributed by atoms with Gasteiger partial charge in [0.15, 0.2) is 0 Å². The van der Waals surface area contributed by atoms with Gasteiger partial charge in [-0.25, -0.2) is 9.28 Å². The summed E-state index contributed by atoms with van der Waals surface area (Å²) in [7, 11) is 1.47. The summed E-state index contributed by atoms with van der Waals surface area (Å²) in [5.74, 6) is -0.240. The molecular formula is C17H14FNO2S2. The molecule has 1 aromatic heterocycles. The minimum Gasteiger partial charge on any atom is -0.227 e. The van der Waals surface area contributed by atoms with Crippen LogP contribution in [0.3, 0.4) is 0 Å². The van der Waals surface area contributed by atoms with Gasteiger partial charge in [0.25, 0.3) is 0 Å². The molecule has 23 heavy (non-hydrogen) atoms. The van der Waals surface area contributed by atoms with Crippen molar-refractivity contribution >= 4 is 23.6 Å². The summed E-state index contributed by atoms with van der Waals surface area (Å²) in [6.07, 6.45) is 0. The van der Waals surface area contributed by atoms with Gasteiger partial charge in [-0.15, -0.1) is 0 Å². The third kappa shape index (κ3) is 3.61. The molecule has 0 aliphatic carbocycles. The lowest BCUT2D eigenvalue weighted by Gasteiger charge is -2.06. The Morgan fingerprint density at radius 3 is 2.30 bits per heavy atom. The van der Waals surface area contributed by atoms with Gasteiger partial charge in [0, 0.05) is 20.9 Å². The highest BCUT2D eigenvalue weighted by Gasteiger charge is 2.14. The molecule has 0 saturated heterocycles. The van der Waals surface area contributed by atoms with Crippen molar-refractivity contribution in [1.82, 2.24) is 4.37 Å². The van der Waals surface area contributed by atoms with Crippen LogP contribution in [0.2, 0.25) is 0 Å². The number of hydrogen-bond donors (Lipinski definition) is 0. The summed E-state index contributed by atoms with van der Waals surface area (Å²) in [6.45, 7) is 2.02. The van der Waals surface area contributed by atoms with E-state index in [1.165, 1.54) is 30.8 Å². The van der Waals surface area contributed by atoms with Crippen molar-refractivity contribution in [2.75, 3.05) is 7.11 Å². The predicted molar refractivity (Wildman–Crippen MR) is 91.6 cm³/mol. The summed E-state index contributed by atoms with van der Waals surface area (Å²) >= 11 is 2.60. The van der Waals surface area contributed by atoms with E-state index >= 15 is 0 Å². The zero-order valence-electron chi connectivity index (χ0n) is 12.6. The minimum atomic E-state index is -0.240. The van der Waals surface area contributed by atoms with Gasteiger partial charge < -0.3 is 0 Å². The zero-order valence-corrected chi connectivity index (χ0v) is 14.2. The van der Waals surface area contributed by atoms with Gasteiger partial charge in [0.1, 0.15) is 5.82 Å². The molecule has 0 unspecified atom stereocenters. The van der Waals surface area contributed by atoms with Crippen LogP contribution in [0.15, 0.2) is 53.4 Å². The van der Waals surface area contributed by atoms with Crippen molar-refractivity contribution < 1.29 is 13.6 Å². The molecule has 118 valence electrons. The summed E-state index contributed by atoms with van der Waals surface area (Å²) in [4.78, 5) is 6.61. The van der Waals surface area contributed by atoms with Gasteiger partial charge in [0.2, 0.25) is 0 Å². The fraction of sp³-hybridized carbons (Fsp3) is 0.118. The minimum absolute atomic E-state index is 0.240. The van der Waals surface area contributed by atoms with Crippen LogP contribution < -0.4 is 0 Å². The lowest BCUT2D eigenvalue weighted by atomic mass is 10.00. The molecule has 0 radical (unpaired) electrons. The van der Waals surface area contributed by atoms with Crippen LogP contribution in [0.25, 0.3) is 22.4 Å². The highest BCUT2D eigenvalue weighted by Crippen LogP contribution is 2.37. The van der Waals surface area contributed by atoms with Gasteiger partial charge in [-0.05, 0) is 48.3 Å². The lowest BCUT2D eigenvalue weighted by Crippen LogP contribution is -1.85. The highest BCUT2D eigenvalue weighted by atomic mass is 32.2. The molecule has 0 amide bonds. The monoisotopic (exact) mass is 347 g/mol. The maximum absolute atomic E-state index is 13.2. The Morgan fingerprint density at radius 2 is 1.65 bits per heavy atom. The van der Waals surface area contributed by atoms with Gasteiger partial charge in [-0.1, -0.05) is 24.3 Å². The molecule has 3 rings (SSSR count). The highest BCUT2D eigenvalue weighted by molar-refractivity contribution is 7.94. The first kappa shape index (κ1) is 16.1. The van der Waals surface area contributed by atoms with E-state index in [2.05, 4.69) is 9.26 Å². The summed E-state index contributed by atoms with van der Waals surface area (Å²) in [5, 5.41) is 0. The second-order valence-corrected chi connectivity index (χ2v) is 6.56. The molecular weight excluding hydrogens is 333 g/mol. The lowest BCUT2D eigenvalue weighted by molar-refractivity contribution is -0.160. The Kier molecular flexibility index (Phi) is 5.07. The summed E-state index contributed by atoms with van der Waals surface area (Å²) in [5.41, 5.74) is 3.93. The Morgan fingerprint density at radius 1 is 1.00 bits per heavy atom. The number of hydrogen-bond acceptors (Lipinski definition) is 5. The summed E-state index contributed by atoms with van der Waals surface area (Å²) < 4.78 is 22.6. The van der Waals surface area contributed by atoms with Crippen molar-refractivity contribution in [1.29, 1.82) is 0 Å². The number of halogens is 1. The van der Waals surface area contributed by atoms with E-state index in [1.807, 2.05) is 31.2 Å². The number of benzene rings is 2. The molecule has 0 N–H and O–H groups in total.